The van der Waals surface area contributed by atoms with E-state index in [0.29, 0.717) is 35.6 Å². The molecule has 2 heterocycles. The number of amides is 1. The summed E-state index contributed by atoms with van der Waals surface area (Å²) in [4.78, 5) is 23.7. The number of aromatic nitrogens is 3. The fourth-order valence-electron chi connectivity index (χ4n) is 2.29. The molecule has 0 radical (unpaired) electrons. The molecule has 0 fully saturated rings. The molecule has 120 valence electrons. The number of halogens is 1. The second-order valence-electron chi connectivity index (χ2n) is 5.05. The van der Waals surface area contributed by atoms with E-state index in [2.05, 4.69) is 10.4 Å². The number of para-hydroxylation sites is 2. The van der Waals surface area contributed by atoms with E-state index in [4.69, 9.17) is 16.0 Å². The number of rotatable bonds is 6. The lowest BCUT2D eigenvalue weighted by Crippen LogP contribution is -2.31. The zero-order chi connectivity index (χ0) is 16.2. The minimum absolute atomic E-state index is 0.0660. The average molecular weight is 335 g/mol. The van der Waals surface area contributed by atoms with Crippen LogP contribution in [0.15, 0.2) is 45.9 Å². The number of fused-ring (bicyclic) bond motifs is 1. The molecule has 1 N–H and O–H groups in total. The molecule has 0 aliphatic carbocycles. The molecule has 0 aliphatic heterocycles. The molecule has 23 heavy (non-hydrogen) atoms. The number of oxazole rings is 1. The molecule has 8 heteroatoms. The van der Waals surface area contributed by atoms with Crippen LogP contribution in [0.3, 0.4) is 0 Å². The highest BCUT2D eigenvalue weighted by molar-refractivity contribution is 6.30. The molecule has 1 amide bonds. The highest BCUT2D eigenvalue weighted by atomic mass is 35.5. The highest BCUT2D eigenvalue weighted by Crippen LogP contribution is 2.11. The van der Waals surface area contributed by atoms with E-state index in [0.717, 1.165) is 0 Å². The van der Waals surface area contributed by atoms with Gasteiger partial charge in [0, 0.05) is 19.3 Å². The highest BCUT2D eigenvalue weighted by Gasteiger charge is 2.11. The summed E-state index contributed by atoms with van der Waals surface area (Å²) in [5.41, 5.74) is 1.08. The predicted octanol–water partition coefficient (Wildman–Crippen LogP) is 1.65. The number of carbonyl (C=O) groups is 1. The van der Waals surface area contributed by atoms with E-state index in [1.165, 1.54) is 4.57 Å². The number of benzene rings is 1. The van der Waals surface area contributed by atoms with Crippen molar-refractivity contribution in [2.24, 2.45) is 0 Å². The van der Waals surface area contributed by atoms with E-state index in [1.807, 2.05) is 0 Å². The summed E-state index contributed by atoms with van der Waals surface area (Å²) in [6, 6.07) is 7.01. The van der Waals surface area contributed by atoms with Crippen LogP contribution in [0.1, 0.15) is 6.42 Å². The van der Waals surface area contributed by atoms with Crippen molar-refractivity contribution < 1.29 is 9.21 Å². The Morgan fingerprint density at radius 2 is 2.17 bits per heavy atom. The van der Waals surface area contributed by atoms with E-state index in [9.17, 15) is 9.59 Å². The summed E-state index contributed by atoms with van der Waals surface area (Å²) in [7, 11) is 0. The second kappa shape index (κ2) is 6.70. The number of hydrogen-bond donors (Lipinski definition) is 1. The second-order valence-corrected chi connectivity index (χ2v) is 5.48. The van der Waals surface area contributed by atoms with Gasteiger partial charge in [-0.05, 0) is 18.6 Å². The monoisotopic (exact) mass is 334 g/mol. The minimum atomic E-state index is -0.535. The minimum Gasteiger partial charge on any atom is -0.408 e. The number of nitrogens with one attached hydrogen (secondary N) is 1. The summed E-state index contributed by atoms with van der Waals surface area (Å²) >= 11 is 5.77. The van der Waals surface area contributed by atoms with Crippen LogP contribution in [-0.4, -0.2) is 26.8 Å². The van der Waals surface area contributed by atoms with Crippen molar-refractivity contribution in [1.82, 2.24) is 19.7 Å². The molecule has 0 aliphatic rings. The van der Waals surface area contributed by atoms with Crippen molar-refractivity contribution >= 4 is 28.6 Å². The zero-order valence-corrected chi connectivity index (χ0v) is 13.0. The fraction of sp³-hybridized carbons (Fsp3) is 0.267. The van der Waals surface area contributed by atoms with Gasteiger partial charge in [-0.2, -0.15) is 5.10 Å². The van der Waals surface area contributed by atoms with Crippen LogP contribution in [0, 0.1) is 0 Å². The maximum atomic E-state index is 12.0. The Morgan fingerprint density at radius 3 is 2.96 bits per heavy atom. The number of hydrogen-bond acceptors (Lipinski definition) is 4. The smallest absolute Gasteiger partial charge is 0.408 e. The molecule has 0 saturated carbocycles. The molecule has 0 spiro atoms. The third-order valence-electron chi connectivity index (χ3n) is 3.36. The molecular formula is C15H15ClN4O3. The first kappa shape index (κ1) is 15.4. The summed E-state index contributed by atoms with van der Waals surface area (Å²) in [5.74, 6) is -0.773. The quantitative estimate of drug-likeness (QED) is 0.695. The van der Waals surface area contributed by atoms with Gasteiger partial charge in [0.1, 0.15) is 6.54 Å². The van der Waals surface area contributed by atoms with Crippen LogP contribution in [0.2, 0.25) is 5.02 Å². The van der Waals surface area contributed by atoms with Crippen molar-refractivity contribution in [3.05, 3.63) is 52.2 Å². The number of carbonyl (C=O) groups excluding carboxylic acids is 1. The van der Waals surface area contributed by atoms with E-state index in [1.54, 1.807) is 41.3 Å². The van der Waals surface area contributed by atoms with Crippen molar-refractivity contribution in [3.8, 4) is 0 Å². The first-order valence-electron chi connectivity index (χ1n) is 7.16. The van der Waals surface area contributed by atoms with Gasteiger partial charge < -0.3 is 9.73 Å². The Bertz CT molecular complexity index is 880. The van der Waals surface area contributed by atoms with Crippen molar-refractivity contribution in [2.45, 2.75) is 19.5 Å². The molecule has 7 nitrogen and oxygen atoms in total. The standard InChI is InChI=1S/C15H15ClN4O3/c16-11-8-18-19(9-11)7-3-6-17-14(21)10-20-12-4-1-2-5-13(12)23-15(20)22/h1-2,4-5,8-9H,3,6-7,10H2,(H,17,21). The number of aryl methyl sites for hydroxylation is 1. The summed E-state index contributed by atoms with van der Waals surface area (Å²) in [6.45, 7) is 1.08. The molecule has 1 aromatic carbocycles. The Morgan fingerprint density at radius 1 is 1.35 bits per heavy atom. The summed E-state index contributed by atoms with van der Waals surface area (Å²) in [6.07, 6.45) is 4.00. The van der Waals surface area contributed by atoms with Gasteiger partial charge in [-0.3, -0.25) is 14.0 Å². The summed E-state index contributed by atoms with van der Waals surface area (Å²) in [5, 5.41) is 7.41. The SMILES string of the molecule is O=C(Cn1c(=O)oc2ccccc21)NCCCn1cc(Cl)cn1. The van der Waals surface area contributed by atoms with Gasteiger partial charge in [-0.1, -0.05) is 23.7 Å². The fourth-order valence-corrected chi connectivity index (χ4v) is 2.45. The molecule has 0 atom stereocenters. The molecule has 3 aromatic rings. The van der Waals surface area contributed by atoms with Gasteiger partial charge in [0.2, 0.25) is 5.91 Å². The van der Waals surface area contributed by atoms with Gasteiger partial charge in [-0.25, -0.2) is 4.79 Å². The Labute approximate surface area is 136 Å². The van der Waals surface area contributed by atoms with E-state index < -0.39 is 5.76 Å². The van der Waals surface area contributed by atoms with Crippen LogP contribution in [0.25, 0.3) is 11.1 Å². The molecule has 0 bridgehead atoms. The first-order valence-corrected chi connectivity index (χ1v) is 7.54. The zero-order valence-electron chi connectivity index (χ0n) is 12.2. The average Bonchev–Trinajstić information content (AvgIpc) is 3.08. The van der Waals surface area contributed by atoms with Gasteiger partial charge in [0.25, 0.3) is 0 Å². The van der Waals surface area contributed by atoms with Gasteiger partial charge in [0.05, 0.1) is 16.7 Å². The molecule has 0 saturated heterocycles. The Balaban J connectivity index is 1.52. The normalized spacial score (nSPS) is 11.0. The Hall–Kier alpha value is -2.54. The maximum absolute atomic E-state index is 12.0. The van der Waals surface area contributed by atoms with Crippen LogP contribution < -0.4 is 11.1 Å². The molecule has 0 unspecified atom stereocenters. The van der Waals surface area contributed by atoms with Crippen LogP contribution in [0.5, 0.6) is 0 Å². The lowest BCUT2D eigenvalue weighted by atomic mass is 10.3. The first-order chi connectivity index (χ1) is 11.1. The molecule has 2 aromatic heterocycles. The van der Waals surface area contributed by atoms with Crippen LogP contribution >= 0.6 is 11.6 Å². The lowest BCUT2D eigenvalue weighted by molar-refractivity contribution is -0.121. The van der Waals surface area contributed by atoms with Crippen molar-refractivity contribution in [1.29, 1.82) is 0 Å². The van der Waals surface area contributed by atoms with Crippen LogP contribution in [0.4, 0.5) is 0 Å². The maximum Gasteiger partial charge on any atom is 0.420 e. The number of nitrogens with zero attached hydrogens (tertiary/aromatic N) is 3. The Kier molecular flexibility index (Phi) is 4.47. The molecular weight excluding hydrogens is 320 g/mol. The largest absolute Gasteiger partial charge is 0.420 e. The third-order valence-corrected chi connectivity index (χ3v) is 3.56. The van der Waals surface area contributed by atoms with Crippen LogP contribution in [-0.2, 0) is 17.9 Å². The van der Waals surface area contributed by atoms with E-state index in [-0.39, 0.29) is 12.5 Å². The predicted molar refractivity (Wildman–Crippen MR) is 85.3 cm³/mol. The summed E-state index contributed by atoms with van der Waals surface area (Å²) < 4.78 is 8.12. The topological polar surface area (TPSA) is 82.1 Å². The van der Waals surface area contributed by atoms with Gasteiger partial charge in [-0.15, -0.1) is 0 Å². The van der Waals surface area contributed by atoms with Gasteiger partial charge in [0.15, 0.2) is 5.58 Å². The van der Waals surface area contributed by atoms with Gasteiger partial charge >= 0.3 is 5.76 Å². The van der Waals surface area contributed by atoms with E-state index >= 15 is 0 Å². The lowest BCUT2D eigenvalue weighted by Gasteiger charge is -2.06. The third kappa shape index (κ3) is 3.62. The molecule has 3 rings (SSSR count). The van der Waals surface area contributed by atoms with Crippen molar-refractivity contribution in [2.75, 3.05) is 6.54 Å². The van der Waals surface area contributed by atoms with Crippen molar-refractivity contribution in [3.63, 3.8) is 0 Å².